The first-order chi connectivity index (χ1) is 13.8. The van der Waals surface area contributed by atoms with E-state index in [0.29, 0.717) is 13.0 Å². The maximum absolute atomic E-state index is 11.7. The molecule has 1 saturated heterocycles. The van der Waals surface area contributed by atoms with E-state index in [0.717, 1.165) is 18.1 Å². The number of rotatable bonds is 20. The van der Waals surface area contributed by atoms with Gasteiger partial charge in [0.05, 0.1) is 6.61 Å². The molecule has 0 aromatic carbocycles. The van der Waals surface area contributed by atoms with Crippen LogP contribution in [0.3, 0.4) is 0 Å². The van der Waals surface area contributed by atoms with E-state index in [1.165, 1.54) is 108 Å². The summed E-state index contributed by atoms with van der Waals surface area (Å²) >= 11 is 0. The molecular formula is C24H46O2S2. The molecule has 1 heterocycles. The zero-order chi connectivity index (χ0) is 20.1. The van der Waals surface area contributed by atoms with Crippen molar-refractivity contribution in [3.8, 4) is 0 Å². The van der Waals surface area contributed by atoms with Crippen molar-refractivity contribution in [2.45, 2.75) is 134 Å². The van der Waals surface area contributed by atoms with Gasteiger partial charge in [-0.15, -0.1) is 0 Å². The van der Waals surface area contributed by atoms with Gasteiger partial charge >= 0.3 is 5.97 Å². The van der Waals surface area contributed by atoms with Crippen molar-refractivity contribution in [2.75, 3.05) is 12.4 Å². The average molecular weight is 431 g/mol. The molecule has 0 spiro atoms. The highest BCUT2D eigenvalue weighted by molar-refractivity contribution is 8.77. The minimum atomic E-state index is 0.0168. The van der Waals surface area contributed by atoms with Gasteiger partial charge in [-0.3, -0.25) is 4.79 Å². The first-order valence-corrected chi connectivity index (χ1v) is 14.6. The van der Waals surface area contributed by atoms with Crippen molar-refractivity contribution in [3.63, 3.8) is 0 Å². The second-order valence-electron chi connectivity index (χ2n) is 8.39. The van der Waals surface area contributed by atoms with E-state index in [1.807, 2.05) is 21.6 Å². The molecule has 0 saturated carbocycles. The molecule has 1 rings (SSSR count). The standard InChI is InChI=1S/C24H46O2S2/c1-2-3-4-5-6-7-8-9-10-11-12-13-14-17-21-26-24(25)19-16-15-18-23-20-22-27-28-23/h23H,2-22H2,1H3. The van der Waals surface area contributed by atoms with Crippen LogP contribution in [0.4, 0.5) is 0 Å². The third-order valence-electron chi connectivity index (χ3n) is 5.65. The molecule has 0 amide bonds. The summed E-state index contributed by atoms with van der Waals surface area (Å²) in [4.78, 5) is 11.7. The van der Waals surface area contributed by atoms with Crippen LogP contribution in [0.15, 0.2) is 0 Å². The summed E-state index contributed by atoms with van der Waals surface area (Å²) in [6, 6.07) is 0. The predicted molar refractivity (Wildman–Crippen MR) is 128 cm³/mol. The third-order valence-corrected chi connectivity index (χ3v) is 8.65. The summed E-state index contributed by atoms with van der Waals surface area (Å²) in [5.74, 6) is 1.32. The zero-order valence-corrected chi connectivity index (χ0v) is 20.2. The van der Waals surface area contributed by atoms with E-state index >= 15 is 0 Å². The Morgan fingerprint density at radius 1 is 0.786 bits per heavy atom. The fraction of sp³-hybridized carbons (Fsp3) is 0.958. The van der Waals surface area contributed by atoms with E-state index < -0.39 is 0 Å². The van der Waals surface area contributed by atoms with Gasteiger partial charge in [0.25, 0.3) is 0 Å². The largest absolute Gasteiger partial charge is 0.466 e. The number of unbranched alkanes of at least 4 members (excludes halogenated alkanes) is 14. The van der Waals surface area contributed by atoms with E-state index in [2.05, 4.69) is 6.92 Å². The van der Waals surface area contributed by atoms with Gasteiger partial charge in [-0.2, -0.15) is 0 Å². The molecule has 1 aliphatic rings. The summed E-state index contributed by atoms with van der Waals surface area (Å²) in [6.45, 7) is 2.91. The summed E-state index contributed by atoms with van der Waals surface area (Å²) in [6.07, 6.45) is 24.5. The lowest BCUT2D eigenvalue weighted by atomic mass is 10.0. The van der Waals surface area contributed by atoms with Crippen LogP contribution in [0.1, 0.15) is 129 Å². The Kier molecular flexibility index (Phi) is 19.1. The van der Waals surface area contributed by atoms with E-state index in [4.69, 9.17) is 4.74 Å². The van der Waals surface area contributed by atoms with Gasteiger partial charge in [0, 0.05) is 17.4 Å². The van der Waals surface area contributed by atoms with Gasteiger partial charge in [0.15, 0.2) is 0 Å². The molecule has 4 heteroatoms. The van der Waals surface area contributed by atoms with Gasteiger partial charge in [-0.1, -0.05) is 118 Å². The Hall–Kier alpha value is 0.170. The van der Waals surface area contributed by atoms with Crippen LogP contribution in [0, 0.1) is 0 Å². The van der Waals surface area contributed by atoms with Gasteiger partial charge in [-0.05, 0) is 25.7 Å². The lowest BCUT2D eigenvalue weighted by Gasteiger charge is -2.07. The molecule has 1 fully saturated rings. The fourth-order valence-electron chi connectivity index (χ4n) is 3.76. The molecule has 1 unspecified atom stereocenters. The molecule has 166 valence electrons. The summed E-state index contributed by atoms with van der Waals surface area (Å²) in [5.41, 5.74) is 0. The first kappa shape index (κ1) is 26.2. The second kappa shape index (κ2) is 20.4. The molecule has 28 heavy (non-hydrogen) atoms. The summed E-state index contributed by atoms with van der Waals surface area (Å²) < 4.78 is 5.37. The average Bonchev–Trinajstić information content (AvgIpc) is 3.22. The number of ether oxygens (including phenoxy) is 1. The SMILES string of the molecule is CCCCCCCCCCCCCCCCOC(=O)CCCCC1CCSS1. The number of carbonyl (C=O) groups is 1. The van der Waals surface area contributed by atoms with Crippen LogP contribution in [0.2, 0.25) is 0 Å². The molecule has 0 aliphatic carbocycles. The fourth-order valence-corrected chi connectivity index (χ4v) is 6.79. The smallest absolute Gasteiger partial charge is 0.305 e. The van der Waals surface area contributed by atoms with Crippen molar-refractivity contribution in [2.24, 2.45) is 0 Å². The maximum Gasteiger partial charge on any atom is 0.305 e. The molecular weight excluding hydrogens is 384 g/mol. The molecule has 0 bridgehead atoms. The Balaban J connectivity index is 1.70. The molecule has 0 N–H and O–H groups in total. The number of hydrogen-bond acceptors (Lipinski definition) is 4. The lowest BCUT2D eigenvalue weighted by Crippen LogP contribution is -2.06. The van der Waals surface area contributed by atoms with Crippen molar-refractivity contribution >= 4 is 27.6 Å². The van der Waals surface area contributed by atoms with Gasteiger partial charge in [0.1, 0.15) is 0 Å². The highest BCUT2D eigenvalue weighted by atomic mass is 33.1. The topological polar surface area (TPSA) is 26.3 Å². The normalized spacial score (nSPS) is 16.5. The minimum absolute atomic E-state index is 0.0168. The van der Waals surface area contributed by atoms with Crippen molar-refractivity contribution < 1.29 is 9.53 Å². The van der Waals surface area contributed by atoms with E-state index in [9.17, 15) is 4.79 Å². The van der Waals surface area contributed by atoms with Gasteiger partial charge in [0.2, 0.25) is 0 Å². The van der Waals surface area contributed by atoms with E-state index in [1.54, 1.807) is 0 Å². The van der Waals surface area contributed by atoms with Crippen LogP contribution in [-0.2, 0) is 9.53 Å². The third kappa shape index (κ3) is 17.1. The predicted octanol–water partition coefficient (Wildman–Crippen LogP) is 8.73. The van der Waals surface area contributed by atoms with Crippen molar-refractivity contribution in [1.29, 1.82) is 0 Å². The van der Waals surface area contributed by atoms with Crippen LogP contribution in [0.25, 0.3) is 0 Å². The maximum atomic E-state index is 11.7. The number of carbonyl (C=O) groups excluding carboxylic acids is 1. The number of esters is 1. The van der Waals surface area contributed by atoms with Gasteiger partial charge in [-0.25, -0.2) is 0 Å². The summed E-state index contributed by atoms with van der Waals surface area (Å²) in [7, 11) is 4.03. The highest BCUT2D eigenvalue weighted by Gasteiger charge is 2.15. The van der Waals surface area contributed by atoms with Crippen molar-refractivity contribution in [3.05, 3.63) is 0 Å². The Morgan fingerprint density at radius 2 is 1.36 bits per heavy atom. The Bertz CT molecular complexity index is 343. The van der Waals surface area contributed by atoms with Crippen LogP contribution in [0.5, 0.6) is 0 Å². The van der Waals surface area contributed by atoms with Crippen molar-refractivity contribution in [1.82, 2.24) is 0 Å². The summed E-state index contributed by atoms with van der Waals surface area (Å²) in [5, 5.41) is 0.830. The first-order valence-electron chi connectivity index (χ1n) is 12.3. The van der Waals surface area contributed by atoms with Crippen LogP contribution in [-0.4, -0.2) is 23.6 Å². The van der Waals surface area contributed by atoms with Crippen LogP contribution < -0.4 is 0 Å². The zero-order valence-electron chi connectivity index (χ0n) is 18.6. The molecule has 0 aromatic rings. The minimum Gasteiger partial charge on any atom is -0.466 e. The second-order valence-corrected chi connectivity index (χ2v) is 11.2. The highest BCUT2D eigenvalue weighted by Crippen LogP contribution is 2.39. The molecule has 0 radical (unpaired) electrons. The number of hydrogen-bond donors (Lipinski definition) is 0. The lowest BCUT2D eigenvalue weighted by molar-refractivity contribution is -0.143. The molecule has 0 aromatic heterocycles. The monoisotopic (exact) mass is 430 g/mol. The molecule has 1 atom stereocenters. The van der Waals surface area contributed by atoms with Gasteiger partial charge < -0.3 is 4.74 Å². The molecule has 1 aliphatic heterocycles. The Morgan fingerprint density at radius 3 is 1.89 bits per heavy atom. The van der Waals surface area contributed by atoms with E-state index in [-0.39, 0.29) is 5.97 Å². The molecule has 2 nitrogen and oxygen atoms in total. The Labute approximate surface area is 183 Å². The van der Waals surface area contributed by atoms with Crippen LogP contribution >= 0.6 is 21.6 Å². The quantitative estimate of drug-likeness (QED) is 0.110.